The number of aromatic nitrogens is 2. The fraction of sp³-hybridized carbons (Fsp3) is 0.130. The van der Waals surface area contributed by atoms with Crippen LogP contribution in [0, 0.1) is 0 Å². The molecule has 0 unspecified atom stereocenters. The summed E-state index contributed by atoms with van der Waals surface area (Å²) in [6, 6.07) is 24.4. The normalized spacial score (nSPS) is 10.8. The largest absolute Gasteiger partial charge is 0.497 e. The number of benzene rings is 3. The van der Waals surface area contributed by atoms with Crippen LogP contribution in [0.3, 0.4) is 0 Å². The molecule has 3 aromatic carbocycles. The van der Waals surface area contributed by atoms with Gasteiger partial charge in [0.2, 0.25) is 0 Å². The van der Waals surface area contributed by atoms with Gasteiger partial charge in [0.05, 0.1) is 12.6 Å². The van der Waals surface area contributed by atoms with Crippen molar-refractivity contribution in [3.05, 3.63) is 72.8 Å². The molecule has 1 heterocycles. The summed E-state index contributed by atoms with van der Waals surface area (Å²) in [5, 5.41) is 1.03. The molecule has 0 bridgehead atoms. The summed E-state index contributed by atoms with van der Waals surface area (Å²) in [5.74, 6) is 2.49. The average molecular weight is 355 g/mol. The smallest absolute Gasteiger partial charge is 0.162 e. The summed E-state index contributed by atoms with van der Waals surface area (Å²) in [4.78, 5) is 11.7. The van der Waals surface area contributed by atoms with Gasteiger partial charge in [0, 0.05) is 25.0 Å². The zero-order valence-corrected chi connectivity index (χ0v) is 15.7. The molecule has 4 aromatic rings. The number of anilines is 1. The second kappa shape index (κ2) is 7.08. The minimum Gasteiger partial charge on any atom is -0.497 e. The summed E-state index contributed by atoms with van der Waals surface area (Å²) in [6.07, 6.45) is 0. The van der Waals surface area contributed by atoms with Crippen molar-refractivity contribution >= 4 is 16.7 Å². The first-order valence-electron chi connectivity index (χ1n) is 8.84. The molecule has 4 rings (SSSR count). The number of hydrogen-bond acceptors (Lipinski definition) is 4. The molecule has 0 saturated heterocycles. The molecule has 4 nitrogen and oxygen atoms in total. The van der Waals surface area contributed by atoms with Crippen LogP contribution in [0.25, 0.3) is 33.4 Å². The molecule has 0 spiro atoms. The van der Waals surface area contributed by atoms with Crippen molar-refractivity contribution < 1.29 is 4.74 Å². The maximum Gasteiger partial charge on any atom is 0.162 e. The summed E-state index contributed by atoms with van der Waals surface area (Å²) >= 11 is 0. The maximum absolute atomic E-state index is 5.36. The number of rotatable bonds is 4. The average Bonchev–Trinajstić information content (AvgIpc) is 2.73. The number of hydrogen-bond donors (Lipinski definition) is 0. The second-order valence-electron chi connectivity index (χ2n) is 6.60. The zero-order valence-electron chi connectivity index (χ0n) is 15.7. The third kappa shape index (κ3) is 3.34. The van der Waals surface area contributed by atoms with Crippen LogP contribution in [-0.2, 0) is 0 Å². The Kier molecular flexibility index (Phi) is 4.47. The molecular formula is C23H21N3O. The number of ether oxygens (including phenoxy) is 1. The number of methoxy groups -OCH3 is 1. The number of fused-ring (bicyclic) bond motifs is 1. The molecule has 0 aliphatic heterocycles. The zero-order chi connectivity index (χ0) is 18.8. The summed E-state index contributed by atoms with van der Waals surface area (Å²) in [6.45, 7) is 0. The fourth-order valence-electron chi connectivity index (χ4n) is 3.15. The van der Waals surface area contributed by atoms with Crippen LogP contribution in [0.1, 0.15) is 0 Å². The Labute approximate surface area is 159 Å². The van der Waals surface area contributed by atoms with E-state index in [1.807, 2.05) is 67.5 Å². The van der Waals surface area contributed by atoms with E-state index in [1.54, 1.807) is 7.11 Å². The highest BCUT2D eigenvalue weighted by Crippen LogP contribution is 2.31. The van der Waals surface area contributed by atoms with E-state index in [2.05, 4.69) is 24.3 Å². The Bertz CT molecular complexity index is 1090. The van der Waals surface area contributed by atoms with E-state index < -0.39 is 0 Å². The molecule has 27 heavy (non-hydrogen) atoms. The monoisotopic (exact) mass is 355 g/mol. The Balaban J connectivity index is 1.89. The van der Waals surface area contributed by atoms with Crippen LogP contribution in [0.2, 0.25) is 0 Å². The van der Waals surface area contributed by atoms with Crippen molar-refractivity contribution in [3.8, 4) is 28.3 Å². The molecule has 4 heteroatoms. The topological polar surface area (TPSA) is 38.3 Å². The summed E-state index contributed by atoms with van der Waals surface area (Å²) < 4.78 is 5.36. The van der Waals surface area contributed by atoms with Gasteiger partial charge in [-0.05, 0) is 35.4 Å². The van der Waals surface area contributed by atoms with Crippen LogP contribution in [0.15, 0.2) is 72.8 Å². The predicted molar refractivity (Wildman–Crippen MR) is 111 cm³/mol. The lowest BCUT2D eigenvalue weighted by Crippen LogP contribution is -2.12. The van der Waals surface area contributed by atoms with Gasteiger partial charge in [0.15, 0.2) is 5.82 Å². The summed E-state index contributed by atoms with van der Waals surface area (Å²) in [7, 11) is 5.70. The molecule has 0 radical (unpaired) electrons. The van der Waals surface area contributed by atoms with Crippen LogP contribution < -0.4 is 9.64 Å². The van der Waals surface area contributed by atoms with Crippen molar-refractivity contribution in [1.29, 1.82) is 0 Å². The molecular weight excluding hydrogens is 334 g/mol. The quantitative estimate of drug-likeness (QED) is 0.514. The molecule has 0 amide bonds. The van der Waals surface area contributed by atoms with Crippen molar-refractivity contribution in [2.75, 3.05) is 26.1 Å². The first kappa shape index (κ1) is 17.0. The molecule has 0 aliphatic carbocycles. The van der Waals surface area contributed by atoms with E-state index in [4.69, 9.17) is 14.7 Å². The third-order valence-electron chi connectivity index (χ3n) is 4.53. The van der Waals surface area contributed by atoms with Gasteiger partial charge < -0.3 is 9.64 Å². The highest BCUT2D eigenvalue weighted by molar-refractivity contribution is 5.94. The summed E-state index contributed by atoms with van der Waals surface area (Å²) in [5.41, 5.74) is 4.16. The third-order valence-corrected chi connectivity index (χ3v) is 4.53. The molecule has 134 valence electrons. The van der Waals surface area contributed by atoms with E-state index in [9.17, 15) is 0 Å². The molecule has 0 atom stereocenters. The van der Waals surface area contributed by atoms with E-state index in [0.717, 1.165) is 45.0 Å². The van der Waals surface area contributed by atoms with E-state index in [-0.39, 0.29) is 0 Å². The minimum atomic E-state index is 0.737. The van der Waals surface area contributed by atoms with E-state index in [0.29, 0.717) is 0 Å². The second-order valence-corrected chi connectivity index (χ2v) is 6.60. The van der Waals surface area contributed by atoms with Gasteiger partial charge in [-0.15, -0.1) is 0 Å². The van der Waals surface area contributed by atoms with Crippen molar-refractivity contribution in [1.82, 2.24) is 9.97 Å². The van der Waals surface area contributed by atoms with Gasteiger partial charge in [0.25, 0.3) is 0 Å². The Morgan fingerprint density at radius 1 is 0.741 bits per heavy atom. The van der Waals surface area contributed by atoms with Crippen molar-refractivity contribution in [2.45, 2.75) is 0 Å². The van der Waals surface area contributed by atoms with Gasteiger partial charge in [-0.1, -0.05) is 48.5 Å². The highest BCUT2D eigenvalue weighted by Gasteiger charge is 2.12. The molecule has 0 fully saturated rings. The first-order chi connectivity index (χ1) is 13.2. The fourth-order valence-corrected chi connectivity index (χ4v) is 3.15. The van der Waals surface area contributed by atoms with Crippen molar-refractivity contribution in [2.24, 2.45) is 0 Å². The van der Waals surface area contributed by atoms with Gasteiger partial charge in [-0.2, -0.15) is 0 Å². The number of nitrogens with zero attached hydrogens (tertiary/aromatic N) is 3. The van der Waals surface area contributed by atoms with Crippen LogP contribution in [0.5, 0.6) is 5.75 Å². The Hall–Kier alpha value is -3.40. The van der Waals surface area contributed by atoms with Crippen LogP contribution in [0.4, 0.5) is 5.82 Å². The Morgan fingerprint density at radius 2 is 1.48 bits per heavy atom. The Morgan fingerprint density at radius 3 is 2.22 bits per heavy atom. The van der Waals surface area contributed by atoms with Gasteiger partial charge in [-0.25, -0.2) is 9.97 Å². The van der Waals surface area contributed by atoms with Crippen LogP contribution >= 0.6 is 0 Å². The highest BCUT2D eigenvalue weighted by atomic mass is 16.5. The van der Waals surface area contributed by atoms with Crippen LogP contribution in [-0.4, -0.2) is 31.2 Å². The lowest BCUT2D eigenvalue weighted by atomic mass is 10.0. The lowest BCUT2D eigenvalue weighted by molar-refractivity contribution is 0.415. The predicted octanol–water partition coefficient (Wildman–Crippen LogP) is 5.04. The molecule has 1 aromatic heterocycles. The standard InChI is InChI=1S/C23H21N3O/c1-26(2)23-20-15-18(17-10-7-11-19(14-17)27-3)12-13-21(20)24-22(25-23)16-8-5-4-6-9-16/h4-15H,1-3H3. The van der Waals surface area contributed by atoms with Crippen molar-refractivity contribution in [3.63, 3.8) is 0 Å². The van der Waals surface area contributed by atoms with E-state index in [1.165, 1.54) is 0 Å². The first-order valence-corrected chi connectivity index (χ1v) is 8.84. The molecule has 0 aliphatic rings. The molecule has 0 N–H and O–H groups in total. The SMILES string of the molecule is COc1cccc(-c2ccc3nc(-c4ccccc4)nc(N(C)C)c3c2)c1. The van der Waals surface area contributed by atoms with Gasteiger partial charge in [0.1, 0.15) is 11.6 Å². The minimum absolute atomic E-state index is 0.737. The van der Waals surface area contributed by atoms with Gasteiger partial charge in [-0.3, -0.25) is 0 Å². The molecule has 0 saturated carbocycles. The van der Waals surface area contributed by atoms with Gasteiger partial charge >= 0.3 is 0 Å². The maximum atomic E-state index is 5.36. The lowest BCUT2D eigenvalue weighted by Gasteiger charge is -2.16. The van der Waals surface area contributed by atoms with E-state index >= 15 is 0 Å².